The van der Waals surface area contributed by atoms with E-state index in [1.54, 1.807) is 6.92 Å². The molecule has 1 rings (SSSR count). The van der Waals surface area contributed by atoms with Crippen molar-refractivity contribution in [2.75, 3.05) is 6.54 Å². The molecule has 1 aliphatic heterocycles. The highest BCUT2D eigenvalue weighted by atomic mass is 17.0. The summed E-state index contributed by atoms with van der Waals surface area (Å²) in [7, 11) is 0. The highest BCUT2D eigenvalue weighted by Crippen LogP contribution is 2.22. The summed E-state index contributed by atoms with van der Waals surface area (Å²) in [5, 5.41) is 12.6. The number of hydroxylamine groups is 4. The van der Waals surface area contributed by atoms with Crippen molar-refractivity contribution in [2.45, 2.75) is 20.8 Å². The summed E-state index contributed by atoms with van der Waals surface area (Å²) < 4.78 is 0. The average Bonchev–Trinajstić information content (AvgIpc) is 2.27. The Balaban J connectivity index is 2.74. The van der Waals surface area contributed by atoms with Crippen LogP contribution >= 0.6 is 0 Å². The summed E-state index contributed by atoms with van der Waals surface area (Å²) in [6, 6.07) is 0. The van der Waals surface area contributed by atoms with Crippen LogP contribution in [-0.4, -0.2) is 23.1 Å². The number of rotatable bonds is 3. The summed E-state index contributed by atoms with van der Waals surface area (Å²) in [4.78, 5) is 15.4. The minimum absolute atomic E-state index is 0.302. The van der Waals surface area contributed by atoms with Crippen molar-refractivity contribution in [2.24, 2.45) is 5.92 Å². The molecule has 74 valence electrons. The monoisotopic (exact) mass is 185 g/mol. The predicted octanol–water partition coefficient (Wildman–Crippen LogP) is 1.03. The number of nitrogens with zero attached hydrogens (tertiary/aromatic N) is 2. The molecule has 0 spiro atoms. The molecule has 0 saturated heterocycles. The number of allylic oxidation sites excluding steroid dienone is 2. The molecule has 0 saturated carbocycles. The third kappa shape index (κ3) is 1.99. The van der Waals surface area contributed by atoms with E-state index in [1.165, 1.54) is 5.06 Å². The normalized spacial score (nSPS) is 17.6. The van der Waals surface area contributed by atoms with Gasteiger partial charge in [-0.3, -0.25) is 10.0 Å². The zero-order chi connectivity index (χ0) is 10.0. The quantitative estimate of drug-likeness (QED) is 0.615. The Morgan fingerprint density at radius 1 is 1.62 bits per heavy atom. The van der Waals surface area contributed by atoms with E-state index >= 15 is 0 Å². The maximum Gasteiger partial charge on any atom is 0.170 e. The smallest absolute Gasteiger partial charge is 0.170 e. The Bertz CT molecular complexity index is 238. The fourth-order valence-electron chi connectivity index (χ4n) is 1.08. The van der Waals surface area contributed by atoms with Gasteiger partial charge in [0, 0.05) is 0 Å². The van der Waals surface area contributed by atoms with Gasteiger partial charge in [-0.1, -0.05) is 13.8 Å². The average molecular weight is 185 g/mol. The first-order chi connectivity index (χ1) is 6.06. The van der Waals surface area contributed by atoms with Crippen molar-refractivity contribution >= 4 is 6.29 Å². The topological polar surface area (TPSA) is 55.8 Å². The molecule has 0 atom stereocenters. The summed E-state index contributed by atoms with van der Waals surface area (Å²) in [6.45, 7) is 6.05. The molecular formula is C8H13N2O3-. The van der Waals surface area contributed by atoms with Crippen molar-refractivity contribution < 1.29 is 9.73 Å². The van der Waals surface area contributed by atoms with Gasteiger partial charge in [-0.2, -0.15) is 4.94 Å². The summed E-state index contributed by atoms with van der Waals surface area (Å²) >= 11 is 0. The standard InChI is InChI=1S/C8H13N2O3/c1-6(2)4-9-8(5-11)7(3)10(12)13-9/h5-6H,4H2,1-3H3/q-1. The first kappa shape index (κ1) is 10.0. The molecule has 0 fully saturated rings. The molecule has 1 aliphatic rings. The van der Waals surface area contributed by atoms with Crippen molar-refractivity contribution in [3.05, 3.63) is 16.6 Å². The first-order valence-corrected chi connectivity index (χ1v) is 4.15. The van der Waals surface area contributed by atoms with Crippen LogP contribution in [-0.2, 0) is 9.73 Å². The second kappa shape index (κ2) is 3.76. The molecule has 5 nitrogen and oxygen atoms in total. The number of hydrogen-bond acceptors (Lipinski definition) is 5. The molecule has 0 unspecified atom stereocenters. The zero-order valence-corrected chi connectivity index (χ0v) is 7.98. The molecule has 0 aromatic rings. The highest BCUT2D eigenvalue weighted by molar-refractivity contribution is 5.73. The van der Waals surface area contributed by atoms with Crippen LogP contribution in [0.2, 0.25) is 0 Å². The largest absolute Gasteiger partial charge is 0.732 e. The van der Waals surface area contributed by atoms with Crippen LogP contribution in [0.4, 0.5) is 0 Å². The van der Waals surface area contributed by atoms with Gasteiger partial charge in [0.1, 0.15) is 5.70 Å². The van der Waals surface area contributed by atoms with Crippen LogP contribution in [0.1, 0.15) is 20.8 Å². The van der Waals surface area contributed by atoms with Gasteiger partial charge in [-0.05, 0) is 12.8 Å². The van der Waals surface area contributed by atoms with Gasteiger partial charge in [0.05, 0.1) is 12.2 Å². The lowest BCUT2D eigenvalue weighted by atomic mass is 10.2. The number of aldehydes is 1. The van der Waals surface area contributed by atoms with Crippen molar-refractivity contribution in [3.63, 3.8) is 0 Å². The predicted molar refractivity (Wildman–Crippen MR) is 46.6 cm³/mol. The van der Waals surface area contributed by atoms with Crippen molar-refractivity contribution in [3.8, 4) is 0 Å². The van der Waals surface area contributed by atoms with Gasteiger partial charge < -0.3 is 5.21 Å². The van der Waals surface area contributed by atoms with Gasteiger partial charge in [0.15, 0.2) is 6.29 Å². The van der Waals surface area contributed by atoms with Gasteiger partial charge >= 0.3 is 0 Å². The molecule has 0 N–H and O–H groups in total. The van der Waals surface area contributed by atoms with E-state index in [0.29, 0.717) is 35.4 Å². The fraction of sp³-hybridized carbons (Fsp3) is 0.625. The molecule has 0 radical (unpaired) electrons. The molecule has 13 heavy (non-hydrogen) atoms. The Kier molecular flexibility index (Phi) is 2.90. The van der Waals surface area contributed by atoms with Gasteiger partial charge in [0.2, 0.25) is 0 Å². The molecule has 1 heterocycles. The Morgan fingerprint density at radius 2 is 2.23 bits per heavy atom. The van der Waals surface area contributed by atoms with Crippen molar-refractivity contribution in [1.82, 2.24) is 10.3 Å². The molecule has 0 bridgehead atoms. The third-order valence-corrected chi connectivity index (χ3v) is 1.73. The van der Waals surface area contributed by atoms with E-state index in [4.69, 9.17) is 4.94 Å². The van der Waals surface area contributed by atoms with Crippen molar-refractivity contribution in [1.29, 1.82) is 0 Å². The van der Waals surface area contributed by atoms with E-state index < -0.39 is 0 Å². The Morgan fingerprint density at radius 3 is 2.69 bits per heavy atom. The summed E-state index contributed by atoms with van der Waals surface area (Å²) in [5.41, 5.74) is 0.611. The van der Waals surface area contributed by atoms with Crippen LogP contribution in [0.25, 0.3) is 0 Å². The Labute approximate surface area is 77.0 Å². The highest BCUT2D eigenvalue weighted by Gasteiger charge is 2.23. The summed E-state index contributed by atoms with van der Waals surface area (Å²) in [5.74, 6) is 0.328. The Hall–Kier alpha value is -1.07. The molecule has 5 heteroatoms. The SMILES string of the molecule is CC1=C(C=O)N(CC(C)C)ON1[O-]. The minimum Gasteiger partial charge on any atom is -0.732 e. The third-order valence-electron chi connectivity index (χ3n) is 1.73. The lowest BCUT2D eigenvalue weighted by Crippen LogP contribution is -2.26. The summed E-state index contributed by atoms with van der Waals surface area (Å²) in [6.07, 6.45) is 0.635. The van der Waals surface area contributed by atoms with E-state index in [-0.39, 0.29) is 0 Å². The zero-order valence-electron chi connectivity index (χ0n) is 7.98. The number of hydrogen-bond donors (Lipinski definition) is 0. The first-order valence-electron chi connectivity index (χ1n) is 4.15. The van der Waals surface area contributed by atoms with E-state index in [1.807, 2.05) is 13.8 Å². The number of carbonyl (C=O) groups is 1. The van der Waals surface area contributed by atoms with E-state index in [2.05, 4.69) is 0 Å². The lowest BCUT2D eigenvalue weighted by Gasteiger charge is -2.26. The minimum atomic E-state index is 0.302. The maximum atomic E-state index is 11.0. The number of carbonyl (C=O) groups excluding carboxylic acids is 1. The maximum absolute atomic E-state index is 11.0. The van der Waals surface area contributed by atoms with Gasteiger partial charge in [-0.25, -0.2) is 5.06 Å². The molecule has 0 aromatic carbocycles. The molecule has 0 amide bonds. The molecule has 0 aliphatic carbocycles. The van der Waals surface area contributed by atoms with E-state index in [0.717, 1.165) is 0 Å². The second-order valence-corrected chi connectivity index (χ2v) is 3.38. The lowest BCUT2D eigenvalue weighted by molar-refractivity contribution is -0.246. The van der Waals surface area contributed by atoms with Crippen LogP contribution < -0.4 is 0 Å². The molecular weight excluding hydrogens is 172 g/mol. The van der Waals surface area contributed by atoms with Gasteiger partial charge in [0.25, 0.3) is 0 Å². The fourth-order valence-corrected chi connectivity index (χ4v) is 1.08. The van der Waals surface area contributed by atoms with Crippen LogP contribution in [0.5, 0.6) is 0 Å². The van der Waals surface area contributed by atoms with Crippen LogP contribution in [0.3, 0.4) is 0 Å². The van der Waals surface area contributed by atoms with Crippen LogP contribution in [0, 0.1) is 11.1 Å². The van der Waals surface area contributed by atoms with Crippen LogP contribution in [0.15, 0.2) is 11.4 Å². The van der Waals surface area contributed by atoms with E-state index in [9.17, 15) is 10.0 Å². The van der Waals surface area contributed by atoms with Gasteiger partial charge in [-0.15, -0.1) is 0 Å². The molecule has 0 aromatic heterocycles. The second-order valence-electron chi connectivity index (χ2n) is 3.38.